The lowest BCUT2D eigenvalue weighted by atomic mass is 10.1. The number of fused-ring (bicyclic) bond motifs is 1. The summed E-state index contributed by atoms with van der Waals surface area (Å²) < 4.78 is 7.47. The SMILES string of the molecule is Cc1ccc2c(c1)c(=O)c(C(=O)N(C)CCC[C@@H]1CCCO1)cn2C. The summed E-state index contributed by atoms with van der Waals surface area (Å²) in [6, 6.07) is 5.75. The van der Waals surface area contributed by atoms with Crippen LogP contribution in [0.15, 0.2) is 29.2 Å². The molecule has 1 fully saturated rings. The van der Waals surface area contributed by atoms with Crippen LogP contribution in [0.4, 0.5) is 0 Å². The van der Waals surface area contributed by atoms with Crippen molar-refractivity contribution in [1.82, 2.24) is 9.47 Å². The van der Waals surface area contributed by atoms with E-state index in [2.05, 4.69) is 0 Å². The van der Waals surface area contributed by atoms with Crippen molar-refractivity contribution in [3.05, 3.63) is 45.7 Å². The summed E-state index contributed by atoms with van der Waals surface area (Å²) in [7, 11) is 3.63. The number of pyridine rings is 1. The Hall–Kier alpha value is -2.14. The van der Waals surface area contributed by atoms with Gasteiger partial charge in [0.05, 0.1) is 11.6 Å². The minimum atomic E-state index is -0.212. The number of hydrogen-bond acceptors (Lipinski definition) is 3. The molecule has 1 atom stereocenters. The van der Waals surface area contributed by atoms with E-state index in [9.17, 15) is 9.59 Å². The van der Waals surface area contributed by atoms with Gasteiger partial charge in [-0.15, -0.1) is 0 Å². The average molecular weight is 342 g/mol. The Morgan fingerprint density at radius 2 is 2.20 bits per heavy atom. The predicted octanol–water partition coefficient (Wildman–Crippen LogP) is 2.88. The number of hydrogen-bond donors (Lipinski definition) is 0. The topological polar surface area (TPSA) is 51.5 Å². The molecular weight excluding hydrogens is 316 g/mol. The quantitative estimate of drug-likeness (QED) is 0.839. The van der Waals surface area contributed by atoms with Crippen molar-refractivity contribution in [1.29, 1.82) is 0 Å². The molecule has 0 saturated carbocycles. The predicted molar refractivity (Wildman–Crippen MR) is 99.1 cm³/mol. The zero-order valence-electron chi connectivity index (χ0n) is 15.2. The first-order valence-corrected chi connectivity index (χ1v) is 8.94. The lowest BCUT2D eigenvalue weighted by Gasteiger charge is -2.19. The van der Waals surface area contributed by atoms with Gasteiger partial charge in [-0.2, -0.15) is 0 Å². The summed E-state index contributed by atoms with van der Waals surface area (Å²) in [6.07, 6.45) is 6.08. The maximum atomic E-state index is 12.8. The Morgan fingerprint density at radius 3 is 2.92 bits per heavy atom. The molecule has 0 unspecified atom stereocenters. The van der Waals surface area contributed by atoms with Gasteiger partial charge in [0.2, 0.25) is 5.43 Å². The van der Waals surface area contributed by atoms with E-state index in [0.29, 0.717) is 18.0 Å². The lowest BCUT2D eigenvalue weighted by Crippen LogP contribution is -2.32. The normalized spacial score (nSPS) is 17.2. The van der Waals surface area contributed by atoms with Crippen LogP contribution >= 0.6 is 0 Å². The molecule has 1 amide bonds. The minimum absolute atomic E-state index is 0.187. The minimum Gasteiger partial charge on any atom is -0.378 e. The molecule has 1 aromatic heterocycles. The fourth-order valence-corrected chi connectivity index (χ4v) is 3.49. The number of amides is 1. The highest BCUT2D eigenvalue weighted by molar-refractivity contribution is 5.97. The summed E-state index contributed by atoms with van der Waals surface area (Å²) in [5.41, 5.74) is 1.90. The third-order valence-corrected chi connectivity index (χ3v) is 4.96. The van der Waals surface area contributed by atoms with E-state index < -0.39 is 0 Å². The van der Waals surface area contributed by atoms with Crippen LogP contribution in [0, 0.1) is 6.92 Å². The number of aromatic nitrogens is 1. The fourth-order valence-electron chi connectivity index (χ4n) is 3.49. The van der Waals surface area contributed by atoms with Gasteiger partial charge in [-0.05, 0) is 44.7 Å². The lowest BCUT2D eigenvalue weighted by molar-refractivity contribution is 0.0761. The van der Waals surface area contributed by atoms with E-state index in [-0.39, 0.29) is 16.9 Å². The van der Waals surface area contributed by atoms with Gasteiger partial charge in [0.15, 0.2) is 0 Å². The van der Waals surface area contributed by atoms with Crippen LogP contribution in [0.25, 0.3) is 10.9 Å². The molecule has 5 heteroatoms. The number of carbonyl (C=O) groups excluding carboxylic acids is 1. The molecule has 25 heavy (non-hydrogen) atoms. The highest BCUT2D eigenvalue weighted by Gasteiger charge is 2.19. The Kier molecular flexibility index (Phi) is 5.23. The van der Waals surface area contributed by atoms with Crippen molar-refractivity contribution in [3.63, 3.8) is 0 Å². The number of aryl methyl sites for hydroxylation is 2. The largest absolute Gasteiger partial charge is 0.378 e. The van der Waals surface area contributed by atoms with Crippen molar-refractivity contribution in [3.8, 4) is 0 Å². The van der Waals surface area contributed by atoms with Gasteiger partial charge >= 0.3 is 0 Å². The number of ether oxygens (including phenoxy) is 1. The van der Waals surface area contributed by atoms with E-state index in [1.807, 2.05) is 36.7 Å². The first-order valence-electron chi connectivity index (χ1n) is 8.94. The van der Waals surface area contributed by atoms with Crippen LogP contribution < -0.4 is 5.43 Å². The molecule has 0 spiro atoms. The molecule has 2 heterocycles. The molecule has 1 aliphatic heterocycles. The van der Waals surface area contributed by atoms with E-state index in [1.54, 1.807) is 18.1 Å². The molecule has 1 saturated heterocycles. The van der Waals surface area contributed by atoms with Gasteiger partial charge in [0.1, 0.15) is 5.56 Å². The molecule has 0 N–H and O–H groups in total. The Balaban J connectivity index is 1.76. The van der Waals surface area contributed by atoms with E-state index in [0.717, 1.165) is 43.4 Å². The average Bonchev–Trinajstić information content (AvgIpc) is 3.10. The maximum absolute atomic E-state index is 12.8. The number of carbonyl (C=O) groups is 1. The smallest absolute Gasteiger partial charge is 0.259 e. The summed E-state index contributed by atoms with van der Waals surface area (Å²) in [5.74, 6) is -0.212. The van der Waals surface area contributed by atoms with Crippen LogP contribution in [0.5, 0.6) is 0 Å². The zero-order valence-corrected chi connectivity index (χ0v) is 15.2. The molecule has 3 rings (SSSR count). The fraction of sp³-hybridized carbons (Fsp3) is 0.500. The van der Waals surface area contributed by atoms with Crippen molar-refractivity contribution in [2.24, 2.45) is 7.05 Å². The summed E-state index contributed by atoms with van der Waals surface area (Å²) in [6.45, 7) is 3.43. The van der Waals surface area contributed by atoms with Crippen LogP contribution in [0.2, 0.25) is 0 Å². The third kappa shape index (κ3) is 3.76. The monoisotopic (exact) mass is 342 g/mol. The summed E-state index contributed by atoms with van der Waals surface area (Å²) in [4.78, 5) is 27.2. The van der Waals surface area contributed by atoms with Crippen LogP contribution in [-0.4, -0.2) is 41.7 Å². The Labute approximate surface area is 148 Å². The first-order chi connectivity index (χ1) is 12.0. The highest BCUT2D eigenvalue weighted by atomic mass is 16.5. The molecule has 5 nitrogen and oxygen atoms in total. The molecule has 0 radical (unpaired) electrons. The van der Waals surface area contributed by atoms with Gasteiger partial charge in [0, 0.05) is 38.8 Å². The second kappa shape index (κ2) is 7.40. The van der Waals surface area contributed by atoms with Gasteiger partial charge in [-0.3, -0.25) is 9.59 Å². The molecule has 0 bridgehead atoms. The molecule has 2 aromatic rings. The molecule has 0 aliphatic carbocycles. The summed E-state index contributed by atoms with van der Waals surface area (Å²) in [5, 5.41) is 0.598. The number of nitrogens with zero attached hydrogens (tertiary/aromatic N) is 2. The molecular formula is C20H26N2O3. The second-order valence-electron chi connectivity index (χ2n) is 7.01. The van der Waals surface area contributed by atoms with E-state index in [4.69, 9.17) is 4.74 Å². The third-order valence-electron chi connectivity index (χ3n) is 4.96. The van der Waals surface area contributed by atoms with Gasteiger partial charge < -0.3 is 14.2 Å². The number of rotatable bonds is 5. The first kappa shape index (κ1) is 17.7. The van der Waals surface area contributed by atoms with Crippen molar-refractivity contribution in [2.75, 3.05) is 20.2 Å². The summed E-state index contributed by atoms with van der Waals surface area (Å²) >= 11 is 0. The van der Waals surface area contributed by atoms with Gasteiger partial charge in [0.25, 0.3) is 5.91 Å². The number of benzene rings is 1. The van der Waals surface area contributed by atoms with Crippen molar-refractivity contribution >= 4 is 16.8 Å². The van der Waals surface area contributed by atoms with Crippen molar-refractivity contribution in [2.45, 2.75) is 38.7 Å². The molecule has 1 aliphatic rings. The van der Waals surface area contributed by atoms with Gasteiger partial charge in [-0.25, -0.2) is 0 Å². The molecule has 134 valence electrons. The maximum Gasteiger partial charge on any atom is 0.259 e. The van der Waals surface area contributed by atoms with Crippen LogP contribution in [0.1, 0.15) is 41.6 Å². The van der Waals surface area contributed by atoms with E-state index in [1.165, 1.54) is 0 Å². The highest BCUT2D eigenvalue weighted by Crippen LogP contribution is 2.17. The second-order valence-corrected chi connectivity index (χ2v) is 7.01. The van der Waals surface area contributed by atoms with Crippen LogP contribution in [-0.2, 0) is 11.8 Å². The van der Waals surface area contributed by atoms with Crippen LogP contribution in [0.3, 0.4) is 0 Å². The van der Waals surface area contributed by atoms with Crippen molar-refractivity contribution < 1.29 is 9.53 Å². The Morgan fingerprint density at radius 1 is 1.40 bits per heavy atom. The zero-order chi connectivity index (χ0) is 18.0. The van der Waals surface area contributed by atoms with Gasteiger partial charge in [-0.1, -0.05) is 11.6 Å². The molecule has 1 aromatic carbocycles. The standard InChI is InChI=1S/C20H26N2O3/c1-14-8-9-18-16(12-14)19(23)17(13-22(18)3)20(24)21(2)10-4-6-15-7-5-11-25-15/h8-9,12-13,15H,4-7,10-11H2,1-3H3/t15-/m1/s1. The Bertz CT molecular complexity index is 835. The van der Waals surface area contributed by atoms with E-state index >= 15 is 0 Å².